The zero-order valence-electron chi connectivity index (χ0n) is 35.4. The van der Waals surface area contributed by atoms with E-state index in [0.29, 0.717) is 17.0 Å². The van der Waals surface area contributed by atoms with Crippen molar-refractivity contribution in [1.82, 2.24) is 9.97 Å². The van der Waals surface area contributed by atoms with Crippen LogP contribution in [0.4, 0.5) is 0 Å². The molecule has 4 aromatic carbocycles. The van der Waals surface area contributed by atoms with Crippen molar-refractivity contribution in [3.8, 4) is 33.6 Å². The van der Waals surface area contributed by atoms with Gasteiger partial charge in [-0.3, -0.25) is 0 Å². The van der Waals surface area contributed by atoms with Crippen molar-refractivity contribution in [2.45, 2.75) is 67.0 Å². The van der Waals surface area contributed by atoms with Crippen LogP contribution in [0.5, 0.6) is 0 Å². The topological polar surface area (TPSA) is 25.8 Å². The van der Waals surface area contributed by atoms with Crippen molar-refractivity contribution in [2.75, 3.05) is 0 Å². The van der Waals surface area contributed by atoms with Gasteiger partial charge in [-0.15, -0.1) is 58.7 Å². The maximum Gasteiger partial charge on any atom is 0.0795 e. The maximum atomic E-state index is 8.43. The van der Waals surface area contributed by atoms with Crippen LogP contribution in [-0.2, 0) is 32.9 Å². The molecule has 263 valence electrons. The molecule has 7 aromatic rings. The summed E-state index contributed by atoms with van der Waals surface area (Å²) in [6.45, 7) is 12.8. The van der Waals surface area contributed by atoms with Gasteiger partial charge in [-0.2, -0.15) is 11.3 Å². The number of rotatable bonds is 8. The molecule has 0 fully saturated rings. The summed E-state index contributed by atoms with van der Waals surface area (Å²) >= 11 is 1.77. The number of benzene rings is 4. The molecule has 0 amide bonds. The van der Waals surface area contributed by atoms with Gasteiger partial charge in [0.15, 0.2) is 0 Å². The average molecular weight is 886 g/mol. The summed E-state index contributed by atoms with van der Waals surface area (Å²) in [5.41, 5.74) is 7.68. The molecule has 0 aliphatic rings. The molecule has 2 nitrogen and oxygen atoms in total. The average Bonchev–Trinajstić information content (AvgIpc) is 3.52. The minimum absolute atomic E-state index is 0. The number of hydrogen-bond acceptors (Lipinski definition) is 3. The summed E-state index contributed by atoms with van der Waals surface area (Å²) in [6.07, 6.45) is 2.99. The second-order valence-corrected chi connectivity index (χ2v) is 20.8. The van der Waals surface area contributed by atoms with Gasteiger partial charge >= 0.3 is 0 Å². The summed E-state index contributed by atoms with van der Waals surface area (Å²) in [5.74, 6) is 0.273. The van der Waals surface area contributed by atoms with Crippen LogP contribution in [0.15, 0.2) is 109 Å². The Morgan fingerprint density at radius 2 is 1.49 bits per heavy atom. The summed E-state index contributed by atoms with van der Waals surface area (Å²) in [6, 6.07) is 39.1. The van der Waals surface area contributed by atoms with Crippen molar-refractivity contribution in [1.29, 1.82) is 0 Å². The Kier molecular flexibility index (Phi) is 10.5. The number of nitrogens with zero attached hydrogens (tertiary/aromatic N) is 2. The summed E-state index contributed by atoms with van der Waals surface area (Å²) in [5, 5.41) is 3.73. The summed E-state index contributed by atoms with van der Waals surface area (Å²) in [4.78, 5) is 9.11. The largest absolute Gasteiger partial charge is 0.305 e. The quantitative estimate of drug-likeness (QED) is 0.112. The Labute approximate surface area is 330 Å². The standard InChI is InChI=1S/C27H22NS.C19H26NSi.Ir/c1-18(2)14-19-12-13-28-25(15-19)22-9-11-27-24(17-22)23-16-21(8-10-26(23)29-27)20-6-4-3-5-7-20;1-14(2)11-17-12-16(8-7-15(17)3)19-10-9-18(13-20-19)21(4,5)6;/h3-8,10-13,15-18H,14H2,1-2H3;7,9-10,12-14H,11H2,1-6H3;/q2*-1;/i14D2;3D3;. The number of fused-ring (bicyclic) bond motifs is 3. The van der Waals surface area contributed by atoms with Crippen LogP contribution in [0.2, 0.25) is 19.6 Å². The fourth-order valence-electron chi connectivity index (χ4n) is 5.97. The summed E-state index contributed by atoms with van der Waals surface area (Å²) in [7, 11) is -1.37. The third-order valence-electron chi connectivity index (χ3n) is 8.57. The molecule has 0 aliphatic carbocycles. The first kappa shape index (κ1) is 32.0. The number of pyridine rings is 2. The molecule has 51 heavy (non-hydrogen) atoms. The molecular weight excluding hydrogens is 833 g/mol. The Balaban J connectivity index is 0.000000218. The van der Waals surface area contributed by atoms with E-state index in [0.717, 1.165) is 34.5 Å². The number of aromatic nitrogens is 2. The molecule has 0 bridgehead atoms. The van der Waals surface area contributed by atoms with Crippen LogP contribution < -0.4 is 5.19 Å². The number of hydrogen-bond donors (Lipinski definition) is 0. The van der Waals surface area contributed by atoms with Crippen molar-refractivity contribution in [3.05, 3.63) is 138 Å². The Hall–Kier alpha value is -3.73. The maximum absolute atomic E-state index is 8.43. The SMILES string of the molecule is [2H]C([2H])([2H])c1c[c-]c(-c2ccc([Si](C)(C)C)cn2)cc1CC(C)C.[2H]C([2H])(c1ccnc(-c2[c-]cc3sc4ccc(-c5ccccc5)cc4c3c2)c1)C(C)C.[Ir]. The second kappa shape index (κ2) is 16.7. The third kappa shape index (κ3) is 9.58. The molecule has 0 unspecified atom stereocenters. The monoisotopic (exact) mass is 886 g/mol. The van der Waals surface area contributed by atoms with Gasteiger partial charge in [0, 0.05) is 44.1 Å². The zero-order chi connectivity index (χ0) is 39.7. The Morgan fingerprint density at radius 1 is 0.745 bits per heavy atom. The summed E-state index contributed by atoms with van der Waals surface area (Å²) < 4.78 is 42.5. The van der Waals surface area contributed by atoms with Crippen molar-refractivity contribution in [3.63, 3.8) is 0 Å². The van der Waals surface area contributed by atoms with Gasteiger partial charge in [0.1, 0.15) is 0 Å². The molecule has 3 heterocycles. The molecule has 5 heteroatoms. The van der Waals surface area contributed by atoms with Crippen LogP contribution in [0, 0.1) is 30.8 Å². The van der Waals surface area contributed by atoms with E-state index in [1.807, 2.05) is 50.4 Å². The van der Waals surface area contributed by atoms with Crippen LogP contribution in [0.1, 0.15) is 51.2 Å². The van der Waals surface area contributed by atoms with Gasteiger partial charge in [0.2, 0.25) is 0 Å². The van der Waals surface area contributed by atoms with E-state index in [1.165, 1.54) is 36.5 Å². The van der Waals surface area contributed by atoms with Crippen LogP contribution in [0.3, 0.4) is 0 Å². The van der Waals surface area contributed by atoms with Gasteiger partial charge in [-0.25, -0.2) is 0 Å². The minimum Gasteiger partial charge on any atom is -0.305 e. The van der Waals surface area contributed by atoms with Gasteiger partial charge in [-0.1, -0.05) is 120 Å². The van der Waals surface area contributed by atoms with Crippen molar-refractivity contribution >= 4 is 44.8 Å². The first-order valence-corrected chi connectivity index (χ1v) is 21.7. The smallest absolute Gasteiger partial charge is 0.0795 e. The first-order chi connectivity index (χ1) is 25.9. The molecule has 7 rings (SSSR count). The Morgan fingerprint density at radius 3 is 2.18 bits per heavy atom. The normalized spacial score (nSPS) is 13.5. The van der Waals surface area contributed by atoms with E-state index in [2.05, 4.69) is 110 Å². The Bertz CT molecular complexity index is 2420. The predicted octanol–water partition coefficient (Wildman–Crippen LogP) is 12.4. The van der Waals surface area contributed by atoms with E-state index < -0.39 is 21.3 Å². The minimum atomic E-state index is -2.10. The molecule has 0 saturated carbocycles. The fraction of sp³-hybridized carbons (Fsp3) is 0.261. The van der Waals surface area contributed by atoms with Gasteiger partial charge < -0.3 is 9.97 Å². The molecule has 3 aromatic heterocycles. The van der Waals surface area contributed by atoms with E-state index in [-0.39, 0.29) is 26.0 Å². The van der Waals surface area contributed by atoms with Crippen LogP contribution in [0.25, 0.3) is 53.8 Å². The molecule has 0 aliphatic heterocycles. The molecule has 1 radical (unpaired) electrons. The van der Waals surface area contributed by atoms with Gasteiger partial charge in [0.05, 0.1) is 8.07 Å². The number of aryl methyl sites for hydroxylation is 1. The van der Waals surface area contributed by atoms with Gasteiger partial charge in [-0.05, 0) is 80.6 Å². The van der Waals surface area contributed by atoms with Crippen LogP contribution >= 0.6 is 11.3 Å². The molecule has 0 spiro atoms. The van der Waals surface area contributed by atoms with E-state index in [9.17, 15) is 0 Å². The van der Waals surface area contributed by atoms with E-state index >= 15 is 0 Å². The number of thiophene rings is 1. The second-order valence-electron chi connectivity index (χ2n) is 14.6. The molecule has 0 N–H and O–H groups in total. The molecular formula is C46H48IrN2SSi-2. The third-order valence-corrected chi connectivity index (χ3v) is 11.7. The van der Waals surface area contributed by atoms with E-state index in [4.69, 9.17) is 6.85 Å². The fourth-order valence-corrected chi connectivity index (χ4v) is 8.05. The molecule has 0 saturated heterocycles. The molecule has 0 atom stereocenters. The predicted molar refractivity (Wildman–Crippen MR) is 220 cm³/mol. The van der Waals surface area contributed by atoms with Crippen molar-refractivity contribution < 1.29 is 27.0 Å². The van der Waals surface area contributed by atoms with Crippen molar-refractivity contribution in [2.24, 2.45) is 11.8 Å². The van der Waals surface area contributed by atoms with E-state index in [1.54, 1.807) is 29.7 Å². The first-order valence-electron chi connectivity index (χ1n) is 19.8. The van der Waals surface area contributed by atoms with Gasteiger partial charge in [0.25, 0.3) is 0 Å². The van der Waals surface area contributed by atoms with Crippen LogP contribution in [-0.4, -0.2) is 18.0 Å². The zero-order valence-corrected chi connectivity index (χ0v) is 34.6.